The molecule has 0 radical (unpaired) electrons. The van der Waals surface area contributed by atoms with Crippen molar-refractivity contribution in [3.05, 3.63) is 36.5 Å². The number of carbonyl (C=O) groups is 2. The Morgan fingerprint density at radius 2 is 1.71 bits per heavy atom. The summed E-state index contributed by atoms with van der Waals surface area (Å²) in [4.78, 5) is 22.1. The molecule has 0 aromatic rings. The number of carboxylic acid groups (broad SMARTS) is 1. The molecule has 0 saturated carbocycles. The number of carbonyl (C=O) groups excluding carboxylic acids is 1. The van der Waals surface area contributed by atoms with Gasteiger partial charge in [0.05, 0.1) is 0 Å². The molecule has 0 spiro atoms. The maximum Gasteiger partial charge on any atom is 0.303 e. The van der Waals surface area contributed by atoms with Gasteiger partial charge in [0, 0.05) is 24.5 Å². The molecule has 0 rings (SSSR count). The van der Waals surface area contributed by atoms with E-state index in [1.165, 1.54) is 19.3 Å². The fraction of sp³-hybridized carbons (Fsp3) is 0.600. The molecule has 0 unspecified atom stereocenters. The van der Waals surface area contributed by atoms with Crippen molar-refractivity contribution in [1.82, 2.24) is 0 Å². The average molecular weight is 353 g/mol. The van der Waals surface area contributed by atoms with Gasteiger partial charge in [-0.05, 0) is 32.1 Å². The Kier molecular flexibility index (Phi) is 15.7. The van der Waals surface area contributed by atoms with E-state index in [-0.39, 0.29) is 17.5 Å². The molecule has 3 nitrogen and oxygen atoms in total. The summed E-state index contributed by atoms with van der Waals surface area (Å²) in [7, 11) is 0. The normalized spacial score (nSPS) is 13.2. The largest absolute Gasteiger partial charge is 0.481 e. The van der Waals surface area contributed by atoms with Crippen LogP contribution in [0.25, 0.3) is 0 Å². The third-order valence-electron chi connectivity index (χ3n) is 3.48. The third-order valence-corrected chi connectivity index (χ3v) is 3.84. The monoisotopic (exact) mass is 352 g/mol. The second-order valence-corrected chi connectivity index (χ2v) is 6.57. The number of aliphatic carboxylic acids is 1. The van der Waals surface area contributed by atoms with E-state index >= 15 is 0 Å². The number of unbranched alkanes of at least 4 members (excludes halogenated alkanes) is 4. The Balaban J connectivity index is 3.72. The summed E-state index contributed by atoms with van der Waals surface area (Å²) in [5, 5.41) is 8.48. The molecule has 24 heavy (non-hydrogen) atoms. The SMILES string of the molecule is CCCCC/C=C\C/C=C\[C@H](S)CC(=O)C/C=C\CCCC(=O)O. The molecule has 0 aliphatic heterocycles. The highest BCUT2D eigenvalue weighted by Crippen LogP contribution is 2.08. The van der Waals surface area contributed by atoms with Crippen LogP contribution in [0.1, 0.15) is 71.1 Å². The Morgan fingerprint density at radius 1 is 1.00 bits per heavy atom. The molecular weight excluding hydrogens is 320 g/mol. The van der Waals surface area contributed by atoms with Crippen LogP contribution in [0.15, 0.2) is 36.5 Å². The highest BCUT2D eigenvalue weighted by molar-refractivity contribution is 7.81. The van der Waals surface area contributed by atoms with E-state index in [1.54, 1.807) is 0 Å². The summed E-state index contributed by atoms with van der Waals surface area (Å²) in [5.74, 6) is -0.621. The standard InChI is InChI=1S/C20H32O3S/c1-2-3-4-5-6-7-8-12-15-19(24)17-18(21)14-11-9-10-13-16-20(22)23/h6-7,9,11-12,15,19,24H,2-5,8,10,13-14,16-17H2,1H3,(H,22,23)/b7-6-,11-9-,15-12-/t19-/m0/s1. The number of allylic oxidation sites excluding steroid dienone is 5. The maximum atomic E-state index is 11.8. The van der Waals surface area contributed by atoms with Crippen molar-refractivity contribution in [2.45, 2.75) is 76.4 Å². The summed E-state index contributed by atoms with van der Waals surface area (Å²) < 4.78 is 0. The summed E-state index contributed by atoms with van der Waals surface area (Å²) in [6, 6.07) is 0. The second kappa shape index (κ2) is 16.6. The molecule has 0 aliphatic carbocycles. The van der Waals surface area contributed by atoms with Crippen LogP contribution in [0.2, 0.25) is 0 Å². The van der Waals surface area contributed by atoms with Crippen LogP contribution < -0.4 is 0 Å². The van der Waals surface area contributed by atoms with Gasteiger partial charge in [-0.1, -0.05) is 56.2 Å². The van der Waals surface area contributed by atoms with Gasteiger partial charge in [0.15, 0.2) is 0 Å². The first-order valence-corrected chi connectivity index (χ1v) is 9.46. The van der Waals surface area contributed by atoms with Crippen LogP contribution in [0.5, 0.6) is 0 Å². The molecule has 0 bridgehead atoms. The Labute approximate surface area is 152 Å². The van der Waals surface area contributed by atoms with Crippen LogP contribution in [-0.2, 0) is 9.59 Å². The van der Waals surface area contributed by atoms with Gasteiger partial charge in [0.25, 0.3) is 0 Å². The van der Waals surface area contributed by atoms with Crippen LogP contribution in [0, 0.1) is 0 Å². The van der Waals surface area contributed by atoms with Gasteiger partial charge < -0.3 is 5.11 Å². The molecule has 136 valence electrons. The lowest BCUT2D eigenvalue weighted by molar-refractivity contribution is -0.137. The van der Waals surface area contributed by atoms with E-state index in [0.29, 0.717) is 25.7 Å². The predicted molar refractivity (Wildman–Crippen MR) is 105 cm³/mol. The summed E-state index contributed by atoms with van der Waals surface area (Å²) in [5.41, 5.74) is 0. The zero-order valence-electron chi connectivity index (χ0n) is 14.8. The van der Waals surface area contributed by atoms with Crippen molar-refractivity contribution in [3.63, 3.8) is 0 Å². The van der Waals surface area contributed by atoms with Gasteiger partial charge in [-0.25, -0.2) is 0 Å². The third kappa shape index (κ3) is 17.1. The van der Waals surface area contributed by atoms with E-state index in [1.807, 2.05) is 18.2 Å². The van der Waals surface area contributed by atoms with Gasteiger partial charge in [-0.15, -0.1) is 0 Å². The zero-order valence-corrected chi connectivity index (χ0v) is 15.7. The number of hydrogen-bond donors (Lipinski definition) is 2. The lowest BCUT2D eigenvalue weighted by atomic mass is 10.1. The van der Waals surface area contributed by atoms with Crippen LogP contribution in [-0.4, -0.2) is 22.1 Å². The quantitative estimate of drug-likeness (QED) is 0.231. The number of rotatable bonds is 15. The van der Waals surface area contributed by atoms with Gasteiger partial charge in [-0.3, -0.25) is 9.59 Å². The van der Waals surface area contributed by atoms with Gasteiger partial charge in [-0.2, -0.15) is 12.6 Å². The summed E-state index contributed by atoms with van der Waals surface area (Å²) in [6.45, 7) is 2.20. The minimum atomic E-state index is -0.778. The number of thiol groups is 1. The zero-order chi connectivity index (χ0) is 18.0. The summed E-state index contributed by atoms with van der Waals surface area (Å²) in [6.07, 6.45) is 20.3. The minimum absolute atomic E-state index is 0.0357. The van der Waals surface area contributed by atoms with E-state index < -0.39 is 5.97 Å². The number of carboxylic acids is 1. The van der Waals surface area contributed by atoms with Crippen LogP contribution in [0.3, 0.4) is 0 Å². The van der Waals surface area contributed by atoms with Crippen molar-refractivity contribution in [1.29, 1.82) is 0 Å². The lowest BCUT2D eigenvalue weighted by Gasteiger charge is -2.02. The van der Waals surface area contributed by atoms with Gasteiger partial charge in [0.1, 0.15) is 5.78 Å². The van der Waals surface area contributed by atoms with E-state index in [4.69, 9.17) is 5.11 Å². The molecule has 4 heteroatoms. The van der Waals surface area contributed by atoms with E-state index in [2.05, 4.69) is 37.8 Å². The lowest BCUT2D eigenvalue weighted by Crippen LogP contribution is -2.04. The fourth-order valence-electron chi connectivity index (χ4n) is 2.13. The first-order valence-electron chi connectivity index (χ1n) is 8.94. The summed E-state index contributed by atoms with van der Waals surface area (Å²) >= 11 is 4.42. The molecule has 0 heterocycles. The van der Waals surface area contributed by atoms with Crippen molar-refractivity contribution in [3.8, 4) is 0 Å². The molecule has 0 saturated heterocycles. The van der Waals surface area contributed by atoms with Gasteiger partial charge in [0.2, 0.25) is 0 Å². The molecule has 1 atom stereocenters. The van der Waals surface area contributed by atoms with E-state index in [9.17, 15) is 9.59 Å². The minimum Gasteiger partial charge on any atom is -0.481 e. The van der Waals surface area contributed by atoms with Crippen LogP contribution >= 0.6 is 12.6 Å². The van der Waals surface area contributed by atoms with Gasteiger partial charge >= 0.3 is 5.97 Å². The highest BCUT2D eigenvalue weighted by Gasteiger charge is 2.05. The number of ketones is 1. The Bertz CT molecular complexity index is 425. The smallest absolute Gasteiger partial charge is 0.303 e. The van der Waals surface area contributed by atoms with Crippen molar-refractivity contribution < 1.29 is 14.7 Å². The highest BCUT2D eigenvalue weighted by atomic mass is 32.1. The average Bonchev–Trinajstić information content (AvgIpc) is 2.53. The molecule has 0 aliphatic rings. The Morgan fingerprint density at radius 3 is 2.42 bits per heavy atom. The first kappa shape index (κ1) is 22.7. The molecule has 0 amide bonds. The number of Topliss-reactive ketones (excluding diaryl/α,β-unsaturated/α-hetero) is 1. The first-order chi connectivity index (χ1) is 11.6. The number of hydrogen-bond acceptors (Lipinski definition) is 3. The molecule has 1 N–H and O–H groups in total. The molecule has 0 aromatic heterocycles. The van der Waals surface area contributed by atoms with Crippen molar-refractivity contribution >= 4 is 24.4 Å². The maximum absolute atomic E-state index is 11.8. The topological polar surface area (TPSA) is 54.4 Å². The molecule has 0 fully saturated rings. The molecular formula is C20H32O3S. The van der Waals surface area contributed by atoms with E-state index in [0.717, 1.165) is 12.8 Å². The van der Waals surface area contributed by atoms with Crippen molar-refractivity contribution in [2.75, 3.05) is 0 Å². The van der Waals surface area contributed by atoms with Crippen LogP contribution in [0.4, 0.5) is 0 Å². The second-order valence-electron chi connectivity index (χ2n) is 5.90. The molecule has 0 aromatic carbocycles. The van der Waals surface area contributed by atoms with Crippen molar-refractivity contribution in [2.24, 2.45) is 0 Å². The fourth-order valence-corrected chi connectivity index (χ4v) is 2.45. The predicted octanol–water partition coefficient (Wildman–Crippen LogP) is 5.53. The Hall–Kier alpha value is -1.29.